The normalized spacial score (nSPS) is 9.28. The fraction of sp³-hybridized carbons (Fsp3) is 0.167. The van der Waals surface area contributed by atoms with Crippen molar-refractivity contribution in [2.75, 3.05) is 14.2 Å². The molecule has 0 amide bonds. The van der Waals surface area contributed by atoms with Crippen molar-refractivity contribution in [3.05, 3.63) is 29.8 Å². The minimum Gasteiger partial charge on any atom is -0.807 e. The van der Waals surface area contributed by atoms with Gasteiger partial charge in [0, 0.05) is 6.08 Å². The van der Waals surface area contributed by atoms with Gasteiger partial charge < -0.3 is 38.8 Å². The Morgan fingerprint density at radius 3 is 1.84 bits per heavy atom. The molecule has 13 heteroatoms. The van der Waals surface area contributed by atoms with Crippen LogP contribution in [0.4, 0.5) is 4.79 Å². The third-order valence-electron chi connectivity index (χ3n) is 2.05. The second-order valence-corrected chi connectivity index (χ2v) is 4.91. The Morgan fingerprint density at radius 2 is 1.52 bits per heavy atom. The fourth-order valence-corrected chi connectivity index (χ4v) is 1.12. The molecule has 122 valence electrons. The van der Waals surface area contributed by atoms with E-state index in [-0.39, 0.29) is 88.7 Å². The molecular weight excluding hydrogens is 388 g/mol. The number of hydrogen-bond donors (Lipinski definition) is 1. The molecule has 25 heavy (non-hydrogen) atoms. The molecule has 0 unspecified atom stereocenters. The van der Waals surface area contributed by atoms with Crippen molar-refractivity contribution < 1.29 is 132 Å². The first-order chi connectivity index (χ1) is 10.1. The van der Waals surface area contributed by atoms with E-state index in [4.69, 9.17) is 38.8 Å². The maximum Gasteiger partial charge on any atom is 1.00 e. The number of rotatable bonds is 5. The molecule has 0 saturated heterocycles. The zero-order valence-corrected chi connectivity index (χ0v) is 21.4. The number of carboxylic acid groups (broad SMARTS) is 2. The minimum absolute atomic E-state index is 0. The third-order valence-corrected chi connectivity index (χ3v) is 2.50. The number of benzene rings is 1. The molecule has 0 saturated carbocycles. The molecule has 0 aromatic heterocycles. The van der Waals surface area contributed by atoms with Gasteiger partial charge in [-0.3, -0.25) is 0 Å². The summed E-state index contributed by atoms with van der Waals surface area (Å²) in [5.74, 6) is 0.208. The van der Waals surface area contributed by atoms with Crippen LogP contribution in [0.1, 0.15) is 5.56 Å². The smallest absolute Gasteiger partial charge is 0.807 e. The predicted octanol–water partition coefficient (Wildman–Crippen LogP) is -9.94. The molecule has 0 aliphatic heterocycles. The molecule has 0 atom stereocenters. The van der Waals surface area contributed by atoms with Gasteiger partial charge in [0.25, 0.3) is 0 Å². The van der Waals surface area contributed by atoms with Crippen LogP contribution in [0, 0.1) is 0 Å². The molecule has 1 rings (SSSR count). The van der Waals surface area contributed by atoms with E-state index in [0.717, 1.165) is 11.6 Å². The summed E-state index contributed by atoms with van der Waals surface area (Å²) in [6.07, 6.45) is 2.56. The van der Waals surface area contributed by atoms with Gasteiger partial charge in [-0.05, 0) is 31.4 Å². The van der Waals surface area contributed by atoms with Gasteiger partial charge in [-0.25, -0.2) is 4.79 Å². The van der Waals surface area contributed by atoms with Crippen molar-refractivity contribution in [1.82, 2.24) is 0 Å². The average molecular weight is 400 g/mol. The van der Waals surface area contributed by atoms with Crippen molar-refractivity contribution in [2.24, 2.45) is 0 Å². The van der Waals surface area contributed by atoms with Crippen molar-refractivity contribution in [2.45, 2.75) is 0 Å². The van der Waals surface area contributed by atoms with Gasteiger partial charge in [-0.2, -0.15) is 0 Å². The van der Waals surface area contributed by atoms with Gasteiger partial charge in [0.2, 0.25) is 0 Å². The van der Waals surface area contributed by atoms with E-state index in [0.29, 0.717) is 11.5 Å². The maximum atomic E-state index is 10.3. The summed E-state index contributed by atoms with van der Waals surface area (Å²) in [4.78, 5) is 37.6. The Bertz CT molecular complexity index is 616. The number of ether oxygens (including phenoxy) is 2. The second-order valence-electron chi connectivity index (χ2n) is 3.55. The van der Waals surface area contributed by atoms with Crippen LogP contribution in [0.25, 0.3) is 6.08 Å². The van der Waals surface area contributed by atoms with E-state index in [1.807, 2.05) is 0 Å². The molecule has 0 bridgehead atoms. The molecule has 9 nitrogen and oxygen atoms in total. The standard InChI is InChI=1S/C11H12O4.CH3O5P.3Na/c1-14-9-5-3-8(4-6-11(12)13)7-10(9)15-2;2-1(3)7(4,5)6;;;/h3-7H,1-2H3,(H,12,13);(H,2,3)(H2,4,5,6);;;/q;;3*+1/p-3. The molecule has 1 N–H and O–H groups in total. The van der Waals surface area contributed by atoms with E-state index in [2.05, 4.69) is 0 Å². The van der Waals surface area contributed by atoms with Crippen LogP contribution >= 0.6 is 7.60 Å². The summed E-state index contributed by atoms with van der Waals surface area (Å²) in [7, 11) is -2.36. The van der Waals surface area contributed by atoms with Gasteiger partial charge >= 0.3 is 94.6 Å². The molecule has 1 aromatic carbocycles. The number of carboxylic acids is 1. The van der Waals surface area contributed by atoms with Crippen LogP contribution in [-0.2, 0) is 9.36 Å². The van der Waals surface area contributed by atoms with Crippen molar-refractivity contribution in [1.29, 1.82) is 0 Å². The Labute approximate surface area is 210 Å². The Hall–Kier alpha value is 0.650. The zero-order chi connectivity index (χ0) is 17.3. The molecule has 0 radical (unpaired) electrons. The SMILES string of the molecule is COc1ccc(C=CC(=O)O)cc1OC.O=C([O-])P(=O)([O-])[O-].[Na+].[Na+].[Na+]. The zero-order valence-electron chi connectivity index (χ0n) is 14.5. The van der Waals surface area contributed by atoms with Crippen LogP contribution in [-0.4, -0.2) is 31.0 Å². The first kappa shape index (κ1) is 33.3. The van der Waals surface area contributed by atoms with Gasteiger partial charge in [-0.1, -0.05) is 6.07 Å². The summed E-state index contributed by atoms with van der Waals surface area (Å²) in [6.45, 7) is 0. The van der Waals surface area contributed by atoms with Crippen LogP contribution in [0.15, 0.2) is 24.3 Å². The van der Waals surface area contributed by atoms with Crippen LogP contribution in [0.2, 0.25) is 0 Å². The maximum absolute atomic E-state index is 10.3. The second kappa shape index (κ2) is 16.8. The van der Waals surface area contributed by atoms with Crippen LogP contribution in [0.3, 0.4) is 0 Å². The first-order valence-corrected chi connectivity index (χ1v) is 7.02. The monoisotopic (exact) mass is 400 g/mol. The molecular formula is C12H12Na3O9P. The molecule has 0 heterocycles. The van der Waals surface area contributed by atoms with E-state index in [1.54, 1.807) is 25.3 Å². The number of aliphatic carboxylic acids is 1. The van der Waals surface area contributed by atoms with Crippen molar-refractivity contribution >= 4 is 25.4 Å². The molecule has 1 aromatic rings. The Balaban J connectivity index is -0.000000192. The summed E-state index contributed by atoms with van der Waals surface area (Å²) in [5, 5.41) is 17.5. The first-order valence-electron chi connectivity index (χ1n) is 5.48. The van der Waals surface area contributed by atoms with E-state index < -0.39 is 19.3 Å². The fourth-order valence-electron chi connectivity index (χ4n) is 1.12. The average Bonchev–Trinajstić information content (AvgIpc) is 2.44. The van der Waals surface area contributed by atoms with Crippen LogP contribution in [0.5, 0.6) is 11.5 Å². The molecule has 0 spiro atoms. The number of carbonyl (C=O) groups is 2. The van der Waals surface area contributed by atoms with Gasteiger partial charge in [0.15, 0.2) is 11.5 Å². The van der Waals surface area contributed by atoms with Crippen molar-refractivity contribution in [3.63, 3.8) is 0 Å². The largest absolute Gasteiger partial charge is 1.00 e. The van der Waals surface area contributed by atoms with Crippen molar-refractivity contribution in [3.8, 4) is 11.5 Å². The van der Waals surface area contributed by atoms with E-state index in [1.165, 1.54) is 13.2 Å². The van der Waals surface area contributed by atoms with Gasteiger partial charge in [-0.15, -0.1) is 0 Å². The van der Waals surface area contributed by atoms with E-state index in [9.17, 15) is 4.79 Å². The third kappa shape index (κ3) is 15.4. The van der Waals surface area contributed by atoms with Crippen LogP contribution < -0.4 is 113 Å². The quantitative estimate of drug-likeness (QED) is 0.288. The molecule has 0 fully saturated rings. The Morgan fingerprint density at radius 1 is 1.08 bits per heavy atom. The predicted molar refractivity (Wildman–Crippen MR) is 69.2 cm³/mol. The summed E-state index contributed by atoms with van der Waals surface area (Å²) in [6, 6.07) is 5.18. The Kier molecular flexibility index (Phi) is 22.3. The number of carbonyl (C=O) groups excluding carboxylic acids is 1. The van der Waals surface area contributed by atoms with E-state index >= 15 is 0 Å². The number of hydrogen-bond acceptors (Lipinski definition) is 8. The summed E-state index contributed by atoms with van der Waals surface area (Å²) in [5.41, 5.74) is -1.82. The number of methoxy groups -OCH3 is 2. The topological polar surface area (TPSA) is 159 Å². The van der Waals surface area contributed by atoms with Gasteiger partial charge in [0.1, 0.15) is 0 Å². The summed E-state index contributed by atoms with van der Waals surface area (Å²) >= 11 is 0. The molecule has 0 aliphatic rings. The van der Waals surface area contributed by atoms with Gasteiger partial charge in [0.05, 0.1) is 19.9 Å². The summed E-state index contributed by atoms with van der Waals surface area (Å²) < 4.78 is 19.3. The molecule has 0 aliphatic carbocycles. The minimum atomic E-state index is -5.43.